The maximum Gasteiger partial charge on any atom is 0.326 e. The summed E-state index contributed by atoms with van der Waals surface area (Å²) in [4.78, 5) is 24.0. The van der Waals surface area contributed by atoms with E-state index in [0.717, 1.165) is 22.4 Å². The van der Waals surface area contributed by atoms with Gasteiger partial charge in [-0.3, -0.25) is 0 Å². The first-order valence-electron chi connectivity index (χ1n) is 10.4. The van der Waals surface area contributed by atoms with Crippen LogP contribution < -0.4 is 22.1 Å². The number of nitrogens with two attached hydrogens (primary N) is 2. The second-order valence-corrected chi connectivity index (χ2v) is 8.15. The van der Waals surface area contributed by atoms with Crippen LogP contribution >= 0.6 is 0 Å². The minimum absolute atomic E-state index is 0.0998. The first-order chi connectivity index (χ1) is 15.2. The van der Waals surface area contributed by atoms with Gasteiger partial charge in [0.25, 0.3) is 0 Å². The van der Waals surface area contributed by atoms with Crippen molar-refractivity contribution in [3.8, 4) is 0 Å². The molecule has 0 bridgehead atoms. The number of pyridine rings is 1. The molecule has 0 amide bonds. The minimum atomic E-state index is -0.883. The average molecular weight is 436 g/mol. The maximum absolute atomic E-state index is 11.5. The van der Waals surface area contributed by atoms with Crippen LogP contribution in [0.15, 0.2) is 37.0 Å². The molecule has 9 nitrogen and oxygen atoms in total. The summed E-state index contributed by atoms with van der Waals surface area (Å²) >= 11 is 0. The molecule has 0 aliphatic carbocycles. The Morgan fingerprint density at radius 2 is 1.88 bits per heavy atom. The number of anilines is 3. The number of aryl methyl sites for hydroxylation is 1. The SMILES string of the molecule is C=C(N[C@@H](CC(C)C)C(=O)O)c1ccc(NCc2cnc3nc(N)nc(N)c3c2C)cc1. The third-order valence-electron chi connectivity index (χ3n) is 5.20. The number of benzene rings is 1. The number of aromatic nitrogens is 3. The lowest BCUT2D eigenvalue weighted by atomic mass is 10.0. The van der Waals surface area contributed by atoms with E-state index in [1.165, 1.54) is 0 Å². The van der Waals surface area contributed by atoms with Crippen LogP contribution in [0.4, 0.5) is 17.5 Å². The van der Waals surface area contributed by atoms with Crippen LogP contribution in [0.5, 0.6) is 0 Å². The quantitative estimate of drug-likeness (QED) is 0.341. The van der Waals surface area contributed by atoms with Gasteiger partial charge in [-0.15, -0.1) is 0 Å². The predicted octanol–water partition coefficient (Wildman–Crippen LogP) is 3.17. The molecule has 0 spiro atoms. The Morgan fingerprint density at radius 1 is 1.19 bits per heavy atom. The molecule has 0 fully saturated rings. The van der Waals surface area contributed by atoms with Crippen molar-refractivity contribution in [3.05, 3.63) is 53.7 Å². The zero-order valence-corrected chi connectivity index (χ0v) is 18.5. The molecule has 2 heterocycles. The van der Waals surface area contributed by atoms with Crippen molar-refractivity contribution in [3.63, 3.8) is 0 Å². The summed E-state index contributed by atoms with van der Waals surface area (Å²) in [5.41, 5.74) is 16.4. The van der Waals surface area contributed by atoms with Crippen LogP contribution in [-0.4, -0.2) is 32.1 Å². The smallest absolute Gasteiger partial charge is 0.326 e. The lowest BCUT2D eigenvalue weighted by Crippen LogP contribution is -2.36. The molecule has 32 heavy (non-hydrogen) atoms. The number of aliphatic carboxylic acids is 1. The van der Waals surface area contributed by atoms with E-state index < -0.39 is 12.0 Å². The van der Waals surface area contributed by atoms with E-state index in [9.17, 15) is 9.90 Å². The van der Waals surface area contributed by atoms with Gasteiger partial charge in [0.1, 0.15) is 11.9 Å². The van der Waals surface area contributed by atoms with E-state index >= 15 is 0 Å². The number of hydrogen-bond acceptors (Lipinski definition) is 8. The van der Waals surface area contributed by atoms with Crippen molar-refractivity contribution in [2.45, 2.75) is 39.8 Å². The van der Waals surface area contributed by atoms with Gasteiger partial charge in [0.2, 0.25) is 5.95 Å². The summed E-state index contributed by atoms with van der Waals surface area (Å²) in [6.07, 6.45) is 2.27. The van der Waals surface area contributed by atoms with Crippen molar-refractivity contribution in [2.75, 3.05) is 16.8 Å². The molecule has 0 saturated heterocycles. The number of nitrogens with one attached hydrogen (secondary N) is 2. The van der Waals surface area contributed by atoms with Gasteiger partial charge in [0.15, 0.2) is 5.65 Å². The molecule has 168 valence electrons. The fourth-order valence-electron chi connectivity index (χ4n) is 3.48. The highest BCUT2D eigenvalue weighted by Gasteiger charge is 2.19. The van der Waals surface area contributed by atoms with Crippen molar-refractivity contribution < 1.29 is 9.90 Å². The molecule has 9 heteroatoms. The van der Waals surface area contributed by atoms with Crippen LogP contribution in [0, 0.1) is 12.8 Å². The summed E-state index contributed by atoms with van der Waals surface area (Å²) in [6.45, 7) is 10.5. The third-order valence-corrected chi connectivity index (χ3v) is 5.20. The standard InChI is InChI=1S/C23H29N7O2/c1-12(2)9-18(22(31)32)28-14(4)15-5-7-17(8-6-15)26-10-16-11-27-21-19(13(16)3)20(24)29-23(25)30-21/h5-8,11-12,18,26,28H,4,9-10H2,1-3H3,(H,31,32)(H4,24,25,27,29,30)/t18-/m0/s1. The highest BCUT2D eigenvalue weighted by Crippen LogP contribution is 2.24. The highest BCUT2D eigenvalue weighted by atomic mass is 16.4. The molecule has 2 aromatic heterocycles. The zero-order chi connectivity index (χ0) is 23.4. The zero-order valence-electron chi connectivity index (χ0n) is 18.5. The Kier molecular flexibility index (Phi) is 6.77. The molecular formula is C23H29N7O2. The number of rotatable bonds is 9. The molecule has 0 aliphatic heterocycles. The van der Waals surface area contributed by atoms with E-state index in [1.54, 1.807) is 6.20 Å². The summed E-state index contributed by atoms with van der Waals surface area (Å²) in [7, 11) is 0. The number of hydrogen-bond donors (Lipinski definition) is 5. The molecule has 3 aromatic rings. The first-order valence-corrected chi connectivity index (χ1v) is 10.4. The molecule has 0 radical (unpaired) electrons. The van der Waals surface area contributed by atoms with Gasteiger partial charge in [-0.2, -0.15) is 9.97 Å². The summed E-state index contributed by atoms with van der Waals surface area (Å²) in [5.74, 6) is -0.212. The number of nitrogen functional groups attached to an aromatic ring is 2. The average Bonchev–Trinajstić information content (AvgIpc) is 2.72. The van der Waals surface area contributed by atoms with Gasteiger partial charge >= 0.3 is 5.97 Å². The second-order valence-electron chi connectivity index (χ2n) is 8.15. The Labute approximate surface area is 187 Å². The van der Waals surface area contributed by atoms with Gasteiger partial charge < -0.3 is 27.2 Å². The normalized spacial score (nSPS) is 12.0. The van der Waals surface area contributed by atoms with E-state index in [4.69, 9.17) is 11.5 Å². The van der Waals surface area contributed by atoms with Crippen LogP contribution in [0.3, 0.4) is 0 Å². The lowest BCUT2D eigenvalue weighted by Gasteiger charge is -2.19. The molecule has 0 saturated carbocycles. The Balaban J connectivity index is 1.68. The Hall–Kier alpha value is -3.88. The Morgan fingerprint density at radius 3 is 2.50 bits per heavy atom. The largest absolute Gasteiger partial charge is 0.480 e. The van der Waals surface area contributed by atoms with Crippen LogP contribution in [0.2, 0.25) is 0 Å². The van der Waals surface area contributed by atoms with E-state index in [0.29, 0.717) is 35.5 Å². The summed E-state index contributed by atoms with van der Waals surface area (Å²) in [6, 6.07) is 6.96. The summed E-state index contributed by atoms with van der Waals surface area (Å²) < 4.78 is 0. The van der Waals surface area contributed by atoms with Gasteiger partial charge in [-0.05, 0) is 48.1 Å². The number of carbonyl (C=O) groups is 1. The molecule has 7 N–H and O–H groups in total. The predicted molar refractivity (Wildman–Crippen MR) is 128 cm³/mol. The van der Waals surface area contributed by atoms with Gasteiger partial charge in [-0.1, -0.05) is 32.6 Å². The monoisotopic (exact) mass is 435 g/mol. The summed E-state index contributed by atoms with van der Waals surface area (Å²) in [5, 5.41) is 16.5. The first kappa shape index (κ1) is 22.8. The number of nitrogens with zero attached hydrogens (tertiary/aromatic N) is 3. The fourth-order valence-corrected chi connectivity index (χ4v) is 3.48. The number of carboxylic acid groups (broad SMARTS) is 1. The number of fused-ring (bicyclic) bond motifs is 1. The third kappa shape index (κ3) is 5.23. The molecular weight excluding hydrogens is 406 g/mol. The molecule has 1 aromatic carbocycles. The maximum atomic E-state index is 11.5. The van der Waals surface area contributed by atoms with Crippen molar-refractivity contribution in [1.29, 1.82) is 0 Å². The highest BCUT2D eigenvalue weighted by molar-refractivity contribution is 5.90. The second kappa shape index (κ2) is 9.51. The minimum Gasteiger partial charge on any atom is -0.480 e. The van der Waals surface area contributed by atoms with Crippen molar-refractivity contribution >= 4 is 40.2 Å². The molecule has 0 unspecified atom stereocenters. The molecule has 0 aliphatic rings. The van der Waals surface area contributed by atoms with E-state index in [1.807, 2.05) is 45.0 Å². The lowest BCUT2D eigenvalue weighted by molar-refractivity contribution is -0.139. The van der Waals surface area contributed by atoms with Crippen molar-refractivity contribution in [1.82, 2.24) is 20.3 Å². The molecule has 3 rings (SSSR count). The topological polar surface area (TPSA) is 152 Å². The van der Waals surface area contributed by atoms with E-state index in [-0.39, 0.29) is 11.9 Å². The van der Waals surface area contributed by atoms with Gasteiger partial charge in [0, 0.05) is 24.1 Å². The fraction of sp³-hybridized carbons (Fsp3) is 0.304. The van der Waals surface area contributed by atoms with Crippen LogP contribution in [-0.2, 0) is 11.3 Å². The van der Waals surface area contributed by atoms with Gasteiger partial charge in [-0.25, -0.2) is 9.78 Å². The van der Waals surface area contributed by atoms with Crippen LogP contribution in [0.25, 0.3) is 16.7 Å². The van der Waals surface area contributed by atoms with Gasteiger partial charge in [0.05, 0.1) is 5.39 Å². The Bertz CT molecular complexity index is 1140. The van der Waals surface area contributed by atoms with Crippen molar-refractivity contribution in [2.24, 2.45) is 5.92 Å². The van der Waals surface area contributed by atoms with Crippen LogP contribution in [0.1, 0.15) is 37.0 Å². The number of carboxylic acids is 1. The molecule has 1 atom stereocenters. The van der Waals surface area contributed by atoms with E-state index in [2.05, 4.69) is 32.2 Å².